The highest BCUT2D eigenvalue weighted by atomic mass is 16.4. The summed E-state index contributed by atoms with van der Waals surface area (Å²) in [5.41, 5.74) is 0. The quantitative estimate of drug-likeness (QED) is 0.739. The third-order valence-electron chi connectivity index (χ3n) is 3.05. The molecule has 1 aliphatic heterocycles. The Kier molecular flexibility index (Phi) is 4.48. The fourth-order valence-corrected chi connectivity index (χ4v) is 1.84. The lowest BCUT2D eigenvalue weighted by Gasteiger charge is -2.30. The number of carboxylic acid groups (broad SMARTS) is 1. The van der Waals surface area contributed by atoms with Crippen LogP contribution in [0.4, 0.5) is 0 Å². The predicted molar refractivity (Wildman–Crippen MR) is 60.3 cm³/mol. The molecule has 1 atom stereocenters. The van der Waals surface area contributed by atoms with E-state index in [-0.39, 0.29) is 37.1 Å². The van der Waals surface area contributed by atoms with Crippen LogP contribution in [-0.2, 0) is 14.4 Å². The van der Waals surface area contributed by atoms with E-state index in [9.17, 15) is 14.4 Å². The van der Waals surface area contributed by atoms with E-state index in [0.717, 1.165) is 0 Å². The lowest BCUT2D eigenvalue weighted by atomic mass is 9.95. The van der Waals surface area contributed by atoms with E-state index in [1.54, 1.807) is 19.0 Å². The topological polar surface area (TPSA) is 77.9 Å². The van der Waals surface area contributed by atoms with Crippen LogP contribution in [0.15, 0.2) is 0 Å². The average Bonchev–Trinajstić information content (AvgIpc) is 2.28. The number of carbonyl (C=O) groups excluding carboxylic acids is 2. The summed E-state index contributed by atoms with van der Waals surface area (Å²) in [6.07, 6.45) is 0.814. The van der Waals surface area contributed by atoms with Gasteiger partial charge in [-0.2, -0.15) is 0 Å². The number of aliphatic carboxylic acids is 1. The van der Waals surface area contributed by atoms with Gasteiger partial charge in [0.1, 0.15) is 0 Å². The number of nitrogens with zero attached hydrogens (tertiary/aromatic N) is 2. The number of carboxylic acids is 1. The van der Waals surface area contributed by atoms with E-state index in [2.05, 4.69) is 0 Å². The molecule has 0 radical (unpaired) electrons. The van der Waals surface area contributed by atoms with Crippen molar-refractivity contribution in [3.05, 3.63) is 0 Å². The number of piperidine rings is 1. The van der Waals surface area contributed by atoms with Gasteiger partial charge in [-0.25, -0.2) is 0 Å². The average molecular weight is 242 g/mol. The Morgan fingerprint density at radius 3 is 2.71 bits per heavy atom. The summed E-state index contributed by atoms with van der Waals surface area (Å²) < 4.78 is 0. The normalized spacial score (nSPS) is 20.2. The van der Waals surface area contributed by atoms with Gasteiger partial charge in [-0.3, -0.25) is 14.4 Å². The Balaban J connectivity index is 2.46. The Labute approximate surface area is 100 Å². The minimum absolute atomic E-state index is 0.0266. The summed E-state index contributed by atoms with van der Waals surface area (Å²) in [7, 11) is 3.30. The molecule has 1 fully saturated rings. The predicted octanol–water partition coefficient (Wildman–Crippen LogP) is -0.212. The largest absolute Gasteiger partial charge is 0.481 e. The van der Waals surface area contributed by atoms with E-state index >= 15 is 0 Å². The van der Waals surface area contributed by atoms with Gasteiger partial charge in [-0.05, 0) is 6.42 Å². The van der Waals surface area contributed by atoms with Gasteiger partial charge < -0.3 is 14.9 Å². The van der Waals surface area contributed by atoms with Crippen molar-refractivity contribution in [3.8, 4) is 0 Å². The summed E-state index contributed by atoms with van der Waals surface area (Å²) in [5, 5.41) is 8.53. The first-order valence-electron chi connectivity index (χ1n) is 5.62. The number of amides is 2. The molecule has 1 aliphatic rings. The second-order valence-corrected chi connectivity index (χ2v) is 4.41. The number of rotatable bonds is 4. The van der Waals surface area contributed by atoms with Gasteiger partial charge in [-0.1, -0.05) is 0 Å². The molecule has 96 valence electrons. The van der Waals surface area contributed by atoms with Crippen LogP contribution in [0.5, 0.6) is 0 Å². The molecule has 6 nitrogen and oxygen atoms in total. The van der Waals surface area contributed by atoms with E-state index < -0.39 is 5.97 Å². The molecule has 0 saturated carbocycles. The Morgan fingerprint density at radius 1 is 1.53 bits per heavy atom. The third-order valence-corrected chi connectivity index (χ3v) is 3.05. The maximum Gasteiger partial charge on any atom is 0.305 e. The van der Waals surface area contributed by atoms with Crippen LogP contribution in [0.2, 0.25) is 0 Å². The highest BCUT2D eigenvalue weighted by Gasteiger charge is 2.30. The lowest BCUT2D eigenvalue weighted by molar-refractivity contribution is -0.144. The third kappa shape index (κ3) is 3.72. The van der Waals surface area contributed by atoms with Crippen LogP contribution < -0.4 is 0 Å². The first kappa shape index (κ1) is 13.5. The Morgan fingerprint density at radius 2 is 2.18 bits per heavy atom. The highest BCUT2D eigenvalue weighted by molar-refractivity contribution is 5.86. The van der Waals surface area contributed by atoms with Crippen molar-refractivity contribution in [2.75, 3.05) is 27.2 Å². The van der Waals surface area contributed by atoms with E-state index in [1.807, 2.05) is 0 Å². The van der Waals surface area contributed by atoms with Crippen molar-refractivity contribution in [2.45, 2.75) is 19.3 Å². The summed E-state index contributed by atoms with van der Waals surface area (Å²) >= 11 is 0. The van der Waals surface area contributed by atoms with Gasteiger partial charge in [0.15, 0.2) is 0 Å². The molecule has 1 N–H and O–H groups in total. The van der Waals surface area contributed by atoms with Crippen LogP contribution in [0, 0.1) is 5.92 Å². The molecule has 0 spiro atoms. The molecule has 1 saturated heterocycles. The van der Waals surface area contributed by atoms with Crippen LogP contribution in [0.25, 0.3) is 0 Å². The smallest absolute Gasteiger partial charge is 0.305 e. The first-order valence-corrected chi connectivity index (χ1v) is 5.62. The van der Waals surface area contributed by atoms with Gasteiger partial charge in [0.25, 0.3) is 0 Å². The van der Waals surface area contributed by atoms with E-state index in [4.69, 9.17) is 5.11 Å². The van der Waals surface area contributed by atoms with Crippen LogP contribution in [0.1, 0.15) is 19.3 Å². The fraction of sp³-hybridized carbons (Fsp3) is 0.727. The summed E-state index contributed by atoms with van der Waals surface area (Å²) in [6.45, 7) is 0.775. The molecular weight excluding hydrogens is 224 g/mol. The highest BCUT2D eigenvalue weighted by Crippen LogP contribution is 2.19. The molecule has 17 heavy (non-hydrogen) atoms. The zero-order valence-electron chi connectivity index (χ0n) is 10.2. The summed E-state index contributed by atoms with van der Waals surface area (Å²) in [5.74, 6) is -1.38. The van der Waals surface area contributed by atoms with Crippen molar-refractivity contribution in [1.29, 1.82) is 0 Å². The van der Waals surface area contributed by atoms with Crippen LogP contribution >= 0.6 is 0 Å². The maximum absolute atomic E-state index is 11.9. The molecule has 1 heterocycles. The number of hydrogen-bond donors (Lipinski definition) is 1. The second kappa shape index (κ2) is 5.65. The van der Waals surface area contributed by atoms with Crippen molar-refractivity contribution in [1.82, 2.24) is 9.80 Å². The summed E-state index contributed by atoms with van der Waals surface area (Å²) in [6, 6.07) is 0. The molecule has 0 aromatic rings. The first-order chi connectivity index (χ1) is 7.91. The zero-order chi connectivity index (χ0) is 13.0. The Bertz CT molecular complexity index is 329. The van der Waals surface area contributed by atoms with Gasteiger partial charge in [0.2, 0.25) is 11.8 Å². The SMILES string of the molecule is CN1CC[C@H](C(=O)N(C)CCC(=O)O)CC1=O. The molecule has 0 aromatic carbocycles. The number of likely N-dealkylation sites (tertiary alicyclic amines) is 1. The fourth-order valence-electron chi connectivity index (χ4n) is 1.84. The second-order valence-electron chi connectivity index (χ2n) is 4.41. The molecule has 0 bridgehead atoms. The van der Waals surface area contributed by atoms with Crippen molar-refractivity contribution in [2.24, 2.45) is 5.92 Å². The van der Waals surface area contributed by atoms with Gasteiger partial charge in [-0.15, -0.1) is 0 Å². The van der Waals surface area contributed by atoms with Crippen molar-refractivity contribution < 1.29 is 19.5 Å². The lowest BCUT2D eigenvalue weighted by Crippen LogP contribution is -2.43. The minimum atomic E-state index is -0.927. The van der Waals surface area contributed by atoms with Crippen LogP contribution in [0.3, 0.4) is 0 Å². The monoisotopic (exact) mass is 242 g/mol. The number of hydrogen-bond acceptors (Lipinski definition) is 3. The Hall–Kier alpha value is -1.59. The minimum Gasteiger partial charge on any atom is -0.481 e. The van der Waals surface area contributed by atoms with Gasteiger partial charge >= 0.3 is 5.97 Å². The molecule has 6 heteroatoms. The molecule has 0 unspecified atom stereocenters. The molecule has 0 aliphatic carbocycles. The summed E-state index contributed by atoms with van der Waals surface area (Å²) in [4.78, 5) is 36.8. The molecule has 2 amide bonds. The maximum atomic E-state index is 11.9. The standard InChI is InChI=1S/C11H18N2O4/c1-12-5-3-8(7-9(12)14)11(17)13(2)6-4-10(15)16/h8H,3-7H2,1-2H3,(H,15,16)/t8-/m0/s1. The van der Waals surface area contributed by atoms with Gasteiger partial charge in [0, 0.05) is 39.5 Å². The van der Waals surface area contributed by atoms with Gasteiger partial charge in [0.05, 0.1) is 6.42 Å². The van der Waals surface area contributed by atoms with Crippen LogP contribution in [-0.4, -0.2) is 59.9 Å². The molecular formula is C11H18N2O4. The zero-order valence-corrected chi connectivity index (χ0v) is 10.2. The van der Waals surface area contributed by atoms with Crippen molar-refractivity contribution in [3.63, 3.8) is 0 Å². The van der Waals surface area contributed by atoms with Crippen molar-refractivity contribution >= 4 is 17.8 Å². The molecule has 1 rings (SSSR count). The number of carbonyl (C=O) groups is 3. The van der Waals surface area contributed by atoms with E-state index in [1.165, 1.54) is 4.90 Å². The molecule has 0 aromatic heterocycles. The van der Waals surface area contributed by atoms with E-state index in [0.29, 0.717) is 13.0 Å².